The molecule has 3 rings (SSSR count). The Morgan fingerprint density at radius 1 is 1.17 bits per heavy atom. The Labute approximate surface area is 139 Å². The minimum Gasteiger partial charge on any atom is -0.393 e. The molecule has 0 heterocycles. The standard InChI is InChI=1S/C18H22F3NO2/c19-18(20,21)13-4-1-3-12(11-13)17(9-2-10-17)16(24)22-14-5-7-15(23)8-6-14/h1,3-4,11,14-15,23H,2,5-10H2,(H,22,24). The predicted octanol–water partition coefficient (Wildman–Crippen LogP) is 3.55. The summed E-state index contributed by atoms with van der Waals surface area (Å²) in [4.78, 5) is 12.8. The Balaban J connectivity index is 1.78. The van der Waals surface area contributed by atoms with E-state index in [1.54, 1.807) is 6.07 Å². The number of nitrogens with one attached hydrogen (secondary N) is 1. The van der Waals surface area contributed by atoms with E-state index in [0.717, 1.165) is 18.6 Å². The number of aliphatic hydroxyl groups is 1. The van der Waals surface area contributed by atoms with Crippen molar-refractivity contribution < 1.29 is 23.1 Å². The lowest BCUT2D eigenvalue weighted by molar-refractivity contribution is -0.138. The van der Waals surface area contributed by atoms with Crippen LogP contribution in [-0.4, -0.2) is 23.2 Å². The van der Waals surface area contributed by atoms with E-state index in [0.29, 0.717) is 44.1 Å². The summed E-state index contributed by atoms with van der Waals surface area (Å²) in [7, 11) is 0. The first-order valence-corrected chi connectivity index (χ1v) is 8.48. The van der Waals surface area contributed by atoms with E-state index in [4.69, 9.17) is 0 Å². The summed E-state index contributed by atoms with van der Waals surface area (Å²) in [6.07, 6.45) is 0.0223. The molecule has 0 spiro atoms. The van der Waals surface area contributed by atoms with Gasteiger partial charge in [0.1, 0.15) is 0 Å². The molecule has 1 aromatic carbocycles. The van der Waals surface area contributed by atoms with Crippen molar-refractivity contribution in [2.75, 3.05) is 0 Å². The Hall–Kier alpha value is -1.56. The molecule has 24 heavy (non-hydrogen) atoms. The molecular weight excluding hydrogens is 319 g/mol. The van der Waals surface area contributed by atoms with Crippen molar-refractivity contribution in [3.05, 3.63) is 35.4 Å². The third-order valence-corrected chi connectivity index (χ3v) is 5.42. The van der Waals surface area contributed by atoms with Crippen LogP contribution in [0.2, 0.25) is 0 Å². The highest BCUT2D eigenvalue weighted by Gasteiger charge is 2.47. The molecule has 0 saturated heterocycles. The minimum absolute atomic E-state index is 0.00386. The van der Waals surface area contributed by atoms with Crippen LogP contribution in [-0.2, 0) is 16.4 Å². The highest BCUT2D eigenvalue weighted by Crippen LogP contribution is 2.45. The molecule has 1 aromatic rings. The third kappa shape index (κ3) is 3.29. The number of benzene rings is 1. The summed E-state index contributed by atoms with van der Waals surface area (Å²) in [5, 5.41) is 12.6. The van der Waals surface area contributed by atoms with Gasteiger partial charge in [-0.15, -0.1) is 0 Å². The lowest BCUT2D eigenvalue weighted by atomic mass is 9.63. The van der Waals surface area contributed by atoms with Crippen LogP contribution < -0.4 is 5.32 Å². The first-order valence-electron chi connectivity index (χ1n) is 8.48. The number of amides is 1. The quantitative estimate of drug-likeness (QED) is 0.883. The van der Waals surface area contributed by atoms with E-state index in [-0.39, 0.29) is 18.1 Å². The summed E-state index contributed by atoms with van der Waals surface area (Å²) < 4.78 is 38.9. The summed E-state index contributed by atoms with van der Waals surface area (Å²) in [5.74, 6) is -0.172. The molecule has 2 N–H and O–H groups in total. The van der Waals surface area contributed by atoms with Gasteiger partial charge in [-0.3, -0.25) is 4.79 Å². The zero-order chi connectivity index (χ0) is 17.4. The van der Waals surface area contributed by atoms with Gasteiger partial charge in [-0.25, -0.2) is 0 Å². The SMILES string of the molecule is O=C(NC1CCC(O)CC1)C1(c2cccc(C(F)(F)F)c2)CCC1. The summed E-state index contributed by atoms with van der Waals surface area (Å²) >= 11 is 0. The maximum Gasteiger partial charge on any atom is 0.416 e. The van der Waals surface area contributed by atoms with E-state index in [1.807, 2.05) is 0 Å². The first-order chi connectivity index (χ1) is 11.3. The third-order valence-electron chi connectivity index (χ3n) is 5.42. The fourth-order valence-electron chi connectivity index (χ4n) is 3.71. The zero-order valence-electron chi connectivity index (χ0n) is 13.4. The van der Waals surface area contributed by atoms with E-state index in [9.17, 15) is 23.1 Å². The second kappa shape index (κ2) is 6.39. The van der Waals surface area contributed by atoms with Crippen molar-refractivity contribution in [3.8, 4) is 0 Å². The molecule has 0 atom stereocenters. The molecule has 132 valence electrons. The largest absolute Gasteiger partial charge is 0.416 e. The molecule has 0 unspecified atom stereocenters. The van der Waals surface area contributed by atoms with Crippen LogP contribution in [0.1, 0.15) is 56.1 Å². The van der Waals surface area contributed by atoms with Crippen molar-refractivity contribution in [3.63, 3.8) is 0 Å². The molecule has 1 amide bonds. The fraction of sp³-hybridized carbons (Fsp3) is 0.611. The highest BCUT2D eigenvalue weighted by atomic mass is 19.4. The molecule has 2 aliphatic carbocycles. The van der Waals surface area contributed by atoms with Crippen LogP contribution in [0, 0.1) is 0 Å². The number of rotatable bonds is 3. The average Bonchev–Trinajstić information content (AvgIpc) is 2.48. The van der Waals surface area contributed by atoms with Gasteiger partial charge >= 0.3 is 6.18 Å². The Bertz CT molecular complexity index is 603. The number of aliphatic hydroxyl groups excluding tert-OH is 1. The predicted molar refractivity (Wildman–Crippen MR) is 83.4 cm³/mol. The van der Waals surface area contributed by atoms with Crippen molar-refractivity contribution in [1.82, 2.24) is 5.32 Å². The lowest BCUT2D eigenvalue weighted by Gasteiger charge is -2.42. The number of hydrogen-bond acceptors (Lipinski definition) is 2. The average molecular weight is 341 g/mol. The van der Waals surface area contributed by atoms with Crippen LogP contribution in [0.4, 0.5) is 13.2 Å². The van der Waals surface area contributed by atoms with Crippen LogP contribution in [0.25, 0.3) is 0 Å². The molecule has 0 bridgehead atoms. The van der Waals surface area contributed by atoms with Gasteiger partial charge in [-0.2, -0.15) is 13.2 Å². The van der Waals surface area contributed by atoms with Crippen LogP contribution in [0.3, 0.4) is 0 Å². The molecule has 0 radical (unpaired) electrons. The van der Waals surface area contributed by atoms with Gasteiger partial charge in [0.15, 0.2) is 0 Å². The van der Waals surface area contributed by atoms with Crippen LogP contribution in [0.5, 0.6) is 0 Å². The molecule has 2 aliphatic rings. The fourth-order valence-corrected chi connectivity index (χ4v) is 3.71. The topological polar surface area (TPSA) is 49.3 Å². The van der Waals surface area contributed by atoms with Crippen molar-refractivity contribution in [1.29, 1.82) is 0 Å². The lowest BCUT2D eigenvalue weighted by Crippen LogP contribution is -2.52. The number of carbonyl (C=O) groups is 1. The Kier molecular flexibility index (Phi) is 4.60. The van der Waals surface area contributed by atoms with E-state index in [2.05, 4.69) is 5.32 Å². The van der Waals surface area contributed by atoms with Gasteiger partial charge in [0.25, 0.3) is 0 Å². The Morgan fingerprint density at radius 3 is 2.38 bits per heavy atom. The first kappa shape index (κ1) is 17.3. The molecular formula is C18H22F3NO2. The van der Waals surface area contributed by atoms with E-state index in [1.165, 1.54) is 6.07 Å². The monoisotopic (exact) mass is 341 g/mol. The number of carbonyl (C=O) groups excluding carboxylic acids is 1. The molecule has 3 nitrogen and oxygen atoms in total. The smallest absolute Gasteiger partial charge is 0.393 e. The summed E-state index contributed by atoms with van der Waals surface area (Å²) in [6.45, 7) is 0. The van der Waals surface area contributed by atoms with Gasteiger partial charge in [0, 0.05) is 6.04 Å². The second-order valence-electron chi connectivity index (χ2n) is 6.99. The van der Waals surface area contributed by atoms with Crippen molar-refractivity contribution >= 4 is 5.91 Å². The normalized spacial score (nSPS) is 26.5. The summed E-state index contributed by atoms with van der Waals surface area (Å²) in [6, 6.07) is 5.16. The molecule has 0 aromatic heterocycles. The van der Waals surface area contributed by atoms with E-state index >= 15 is 0 Å². The maximum absolute atomic E-state index is 13.0. The van der Waals surface area contributed by atoms with Gasteiger partial charge in [0.05, 0.1) is 17.1 Å². The second-order valence-corrected chi connectivity index (χ2v) is 6.99. The van der Waals surface area contributed by atoms with Gasteiger partial charge in [-0.1, -0.05) is 24.6 Å². The maximum atomic E-state index is 13.0. The van der Waals surface area contributed by atoms with Gasteiger partial charge < -0.3 is 10.4 Å². The Morgan fingerprint density at radius 2 is 1.83 bits per heavy atom. The number of alkyl halides is 3. The van der Waals surface area contributed by atoms with Gasteiger partial charge in [0.2, 0.25) is 5.91 Å². The molecule has 0 aliphatic heterocycles. The van der Waals surface area contributed by atoms with Crippen molar-refractivity contribution in [2.45, 2.75) is 68.7 Å². The number of hydrogen-bond donors (Lipinski definition) is 2. The highest BCUT2D eigenvalue weighted by molar-refractivity contribution is 5.89. The van der Waals surface area contributed by atoms with Gasteiger partial charge in [-0.05, 0) is 50.2 Å². The minimum atomic E-state index is -4.41. The summed E-state index contributed by atoms with van der Waals surface area (Å²) in [5.41, 5.74) is -1.09. The molecule has 6 heteroatoms. The zero-order valence-corrected chi connectivity index (χ0v) is 13.4. The number of halogens is 3. The molecule has 2 saturated carbocycles. The van der Waals surface area contributed by atoms with Crippen LogP contribution in [0.15, 0.2) is 24.3 Å². The van der Waals surface area contributed by atoms with E-state index < -0.39 is 17.2 Å². The van der Waals surface area contributed by atoms with Crippen molar-refractivity contribution in [2.24, 2.45) is 0 Å². The molecule has 2 fully saturated rings. The van der Waals surface area contributed by atoms with Crippen LogP contribution >= 0.6 is 0 Å².